The summed E-state index contributed by atoms with van der Waals surface area (Å²) in [6.07, 6.45) is 12.5. The van der Waals surface area contributed by atoms with Gasteiger partial charge in [-0.05, 0) is 80.4 Å². The molecule has 0 amide bonds. The molecule has 2 aromatic rings. The maximum absolute atomic E-state index is 6.04. The van der Waals surface area contributed by atoms with Gasteiger partial charge in [0.15, 0.2) is 0 Å². The molecule has 4 heteroatoms. The second kappa shape index (κ2) is 10.7. The van der Waals surface area contributed by atoms with E-state index in [1.165, 1.54) is 18.4 Å². The van der Waals surface area contributed by atoms with Crippen LogP contribution >= 0.6 is 11.6 Å². The lowest BCUT2D eigenvalue weighted by Gasteiger charge is -2.37. The van der Waals surface area contributed by atoms with E-state index in [4.69, 9.17) is 16.3 Å². The molecule has 0 unspecified atom stereocenters. The van der Waals surface area contributed by atoms with Crippen LogP contribution in [0, 0.1) is 5.92 Å². The Balaban J connectivity index is 1.21. The van der Waals surface area contributed by atoms with Crippen molar-refractivity contribution in [3.63, 3.8) is 0 Å². The van der Waals surface area contributed by atoms with Crippen LogP contribution in [0.2, 0.25) is 5.02 Å². The molecule has 30 heavy (non-hydrogen) atoms. The number of rotatable bonds is 8. The second-order valence-corrected chi connectivity index (χ2v) is 8.70. The summed E-state index contributed by atoms with van der Waals surface area (Å²) in [5.41, 5.74) is 1.34. The molecule has 2 heterocycles. The number of ether oxygens (including phenoxy) is 1. The third kappa shape index (κ3) is 6.13. The van der Waals surface area contributed by atoms with Crippen LogP contribution in [0.15, 0.2) is 79.0 Å². The van der Waals surface area contributed by atoms with Crippen molar-refractivity contribution in [2.45, 2.75) is 25.3 Å². The Hall–Kier alpha value is -2.23. The number of hydrogen-bond donors (Lipinski definition) is 0. The van der Waals surface area contributed by atoms with Gasteiger partial charge in [0.1, 0.15) is 12.4 Å². The van der Waals surface area contributed by atoms with Gasteiger partial charge in [-0.25, -0.2) is 0 Å². The predicted molar refractivity (Wildman–Crippen MR) is 125 cm³/mol. The minimum atomic E-state index is 0.425. The third-order valence-electron chi connectivity index (χ3n) is 6.10. The first-order valence-electron chi connectivity index (χ1n) is 11.0. The Bertz CT molecular complexity index is 826. The molecule has 2 aliphatic rings. The highest BCUT2D eigenvalue weighted by Gasteiger charge is 2.23. The standard InChI is InChI=1S/C26H31ClN2O/c27-24-11-9-22(10-12-24)20-25-6-4-5-15-29(25)21-23-13-16-28(17-14-23)18-19-30-26-7-2-1-3-8-26/h1-12,15,23,25H,13-14,16-21H2/t25-/m0/s1. The number of hydrogen-bond acceptors (Lipinski definition) is 3. The van der Waals surface area contributed by atoms with E-state index in [1.54, 1.807) is 0 Å². The van der Waals surface area contributed by atoms with Gasteiger partial charge in [-0.2, -0.15) is 0 Å². The summed E-state index contributed by atoms with van der Waals surface area (Å²) in [4.78, 5) is 5.06. The SMILES string of the molecule is Clc1ccc(C[C@@H]2C=CC=CN2CC2CCN(CCOc3ccccc3)CC2)cc1. The van der Waals surface area contributed by atoms with E-state index in [0.717, 1.165) is 55.9 Å². The van der Waals surface area contributed by atoms with Gasteiger partial charge < -0.3 is 9.64 Å². The lowest BCUT2D eigenvalue weighted by molar-refractivity contribution is 0.134. The quantitative estimate of drug-likeness (QED) is 0.564. The summed E-state index contributed by atoms with van der Waals surface area (Å²) in [7, 11) is 0. The summed E-state index contributed by atoms with van der Waals surface area (Å²) in [6.45, 7) is 5.23. The number of nitrogens with zero attached hydrogens (tertiary/aromatic N) is 2. The maximum atomic E-state index is 6.04. The monoisotopic (exact) mass is 422 g/mol. The van der Waals surface area contributed by atoms with Crippen LogP contribution < -0.4 is 4.74 Å². The average molecular weight is 423 g/mol. The van der Waals surface area contributed by atoms with Crippen molar-refractivity contribution in [1.82, 2.24) is 9.80 Å². The fourth-order valence-corrected chi connectivity index (χ4v) is 4.44. The Morgan fingerprint density at radius 2 is 1.70 bits per heavy atom. The van der Waals surface area contributed by atoms with Crippen LogP contribution in [0.3, 0.4) is 0 Å². The first kappa shape index (κ1) is 21.0. The molecule has 1 atom stereocenters. The van der Waals surface area contributed by atoms with E-state index < -0.39 is 0 Å². The molecule has 2 aromatic carbocycles. The molecule has 0 spiro atoms. The van der Waals surface area contributed by atoms with Crippen LogP contribution in [-0.2, 0) is 6.42 Å². The van der Waals surface area contributed by atoms with Crippen LogP contribution in [0.1, 0.15) is 18.4 Å². The first-order valence-corrected chi connectivity index (χ1v) is 11.4. The van der Waals surface area contributed by atoms with E-state index in [0.29, 0.717) is 6.04 Å². The fourth-order valence-electron chi connectivity index (χ4n) is 4.32. The molecule has 2 aliphatic heterocycles. The largest absolute Gasteiger partial charge is 0.492 e. The first-order chi connectivity index (χ1) is 14.8. The predicted octanol–water partition coefficient (Wildman–Crippen LogP) is 5.43. The minimum absolute atomic E-state index is 0.425. The van der Waals surface area contributed by atoms with Crippen LogP contribution in [0.25, 0.3) is 0 Å². The highest BCUT2D eigenvalue weighted by atomic mass is 35.5. The number of piperidine rings is 1. The molecule has 1 saturated heterocycles. The molecule has 0 bridgehead atoms. The van der Waals surface area contributed by atoms with Gasteiger partial charge >= 0.3 is 0 Å². The van der Waals surface area contributed by atoms with Crippen LogP contribution in [-0.4, -0.2) is 48.6 Å². The zero-order valence-corrected chi connectivity index (χ0v) is 18.3. The van der Waals surface area contributed by atoms with Crippen molar-refractivity contribution >= 4 is 11.6 Å². The minimum Gasteiger partial charge on any atom is -0.492 e. The number of benzene rings is 2. The number of para-hydroxylation sites is 1. The zero-order chi connectivity index (χ0) is 20.6. The van der Waals surface area contributed by atoms with E-state index in [-0.39, 0.29) is 0 Å². The molecule has 0 N–H and O–H groups in total. The Morgan fingerprint density at radius 3 is 2.47 bits per heavy atom. The summed E-state index contributed by atoms with van der Waals surface area (Å²) < 4.78 is 5.86. The lowest BCUT2D eigenvalue weighted by atomic mass is 9.94. The van der Waals surface area contributed by atoms with Gasteiger partial charge in [0, 0.05) is 18.1 Å². The maximum Gasteiger partial charge on any atom is 0.119 e. The van der Waals surface area contributed by atoms with E-state index in [1.807, 2.05) is 42.5 Å². The normalized spacial score (nSPS) is 19.9. The molecule has 4 rings (SSSR count). The van der Waals surface area contributed by atoms with Crippen molar-refractivity contribution in [3.8, 4) is 5.75 Å². The summed E-state index contributed by atoms with van der Waals surface area (Å²) in [5, 5.41) is 0.801. The average Bonchev–Trinajstić information content (AvgIpc) is 2.79. The summed E-state index contributed by atoms with van der Waals surface area (Å²) in [5.74, 6) is 1.71. The molecule has 3 nitrogen and oxygen atoms in total. The van der Waals surface area contributed by atoms with Gasteiger partial charge in [-0.1, -0.05) is 54.1 Å². The van der Waals surface area contributed by atoms with Crippen molar-refractivity contribution in [2.75, 3.05) is 32.8 Å². The van der Waals surface area contributed by atoms with E-state index in [9.17, 15) is 0 Å². The van der Waals surface area contributed by atoms with Gasteiger partial charge in [-0.15, -0.1) is 0 Å². The zero-order valence-electron chi connectivity index (χ0n) is 17.5. The highest BCUT2D eigenvalue weighted by Crippen LogP contribution is 2.23. The number of halogens is 1. The fraction of sp³-hybridized carbons (Fsp3) is 0.385. The molecule has 0 radical (unpaired) electrons. The van der Waals surface area contributed by atoms with Gasteiger partial charge in [0.25, 0.3) is 0 Å². The van der Waals surface area contributed by atoms with Crippen molar-refractivity contribution in [2.24, 2.45) is 5.92 Å². The van der Waals surface area contributed by atoms with Gasteiger partial charge in [-0.3, -0.25) is 4.90 Å². The molecule has 158 valence electrons. The molecular weight excluding hydrogens is 392 g/mol. The smallest absolute Gasteiger partial charge is 0.119 e. The van der Waals surface area contributed by atoms with Crippen molar-refractivity contribution in [1.29, 1.82) is 0 Å². The van der Waals surface area contributed by atoms with Crippen LogP contribution in [0.5, 0.6) is 5.75 Å². The van der Waals surface area contributed by atoms with Gasteiger partial charge in [0.05, 0.1) is 6.04 Å². The molecule has 0 aromatic heterocycles. The highest BCUT2D eigenvalue weighted by molar-refractivity contribution is 6.30. The van der Waals surface area contributed by atoms with E-state index >= 15 is 0 Å². The molecule has 1 fully saturated rings. The Labute approximate surface area is 185 Å². The lowest BCUT2D eigenvalue weighted by Crippen LogP contribution is -2.42. The second-order valence-electron chi connectivity index (χ2n) is 8.27. The summed E-state index contributed by atoms with van der Waals surface area (Å²) in [6, 6.07) is 18.8. The molecular formula is C26H31ClN2O. The summed E-state index contributed by atoms with van der Waals surface area (Å²) >= 11 is 6.04. The van der Waals surface area contributed by atoms with Gasteiger partial charge in [0.2, 0.25) is 0 Å². The number of allylic oxidation sites excluding steroid dienone is 2. The van der Waals surface area contributed by atoms with E-state index in [2.05, 4.69) is 46.4 Å². The number of likely N-dealkylation sites (tertiary alicyclic amines) is 1. The van der Waals surface area contributed by atoms with Crippen LogP contribution in [0.4, 0.5) is 0 Å². The third-order valence-corrected chi connectivity index (χ3v) is 6.35. The molecule has 0 saturated carbocycles. The van der Waals surface area contributed by atoms with Crippen molar-refractivity contribution in [3.05, 3.63) is 89.6 Å². The topological polar surface area (TPSA) is 15.7 Å². The molecule has 0 aliphatic carbocycles. The Kier molecular flexibility index (Phi) is 7.49. The van der Waals surface area contributed by atoms with Crippen molar-refractivity contribution < 1.29 is 4.74 Å². The Morgan fingerprint density at radius 1 is 0.933 bits per heavy atom.